The first kappa shape index (κ1) is 18.8. The molecule has 0 unspecified atom stereocenters. The fraction of sp³-hybridized carbons (Fsp3) is 0.400. The van der Waals surface area contributed by atoms with Crippen molar-refractivity contribution in [3.63, 3.8) is 0 Å². The molecule has 0 aromatic heterocycles. The van der Waals surface area contributed by atoms with Crippen molar-refractivity contribution in [2.75, 3.05) is 33.8 Å². The van der Waals surface area contributed by atoms with E-state index >= 15 is 0 Å². The third-order valence-electron chi connectivity index (χ3n) is 3.94. The van der Waals surface area contributed by atoms with Crippen LogP contribution in [0.15, 0.2) is 36.4 Å². The van der Waals surface area contributed by atoms with Gasteiger partial charge in [0.1, 0.15) is 12.2 Å². The van der Waals surface area contributed by atoms with Crippen LogP contribution in [0.25, 0.3) is 10.8 Å². The standard InChI is InChI=1S/C20H25N3O2/c1-23(2)14-5-15-25-19-9-8-16-6-3-4-7-17(16)18(19)11-13-22-20(24)10-12-21/h3-4,6-9H,5,10-11,13-15H2,1-2H3,(H,22,24). The van der Waals surface area contributed by atoms with Gasteiger partial charge in [-0.05, 0) is 43.8 Å². The third kappa shape index (κ3) is 5.77. The molecule has 0 saturated heterocycles. The summed E-state index contributed by atoms with van der Waals surface area (Å²) < 4.78 is 6.01. The first-order valence-corrected chi connectivity index (χ1v) is 8.53. The summed E-state index contributed by atoms with van der Waals surface area (Å²) in [6.07, 6.45) is 1.52. The van der Waals surface area contributed by atoms with E-state index in [2.05, 4.69) is 28.4 Å². The zero-order valence-electron chi connectivity index (χ0n) is 14.9. The molecule has 0 aliphatic heterocycles. The summed E-state index contributed by atoms with van der Waals surface area (Å²) in [6.45, 7) is 2.13. The first-order valence-electron chi connectivity index (χ1n) is 8.53. The number of fused-ring (bicyclic) bond motifs is 1. The maximum Gasteiger partial charge on any atom is 0.234 e. The quantitative estimate of drug-likeness (QED) is 0.714. The van der Waals surface area contributed by atoms with Crippen LogP contribution in [0.2, 0.25) is 0 Å². The van der Waals surface area contributed by atoms with Crippen LogP contribution >= 0.6 is 0 Å². The van der Waals surface area contributed by atoms with E-state index in [1.165, 1.54) is 0 Å². The van der Waals surface area contributed by atoms with Gasteiger partial charge in [0.05, 0.1) is 12.7 Å². The lowest BCUT2D eigenvalue weighted by atomic mass is 10.0. The van der Waals surface area contributed by atoms with E-state index in [4.69, 9.17) is 10.00 Å². The second kappa shape index (κ2) is 9.65. The number of hydrogen-bond donors (Lipinski definition) is 1. The van der Waals surface area contributed by atoms with Gasteiger partial charge in [0, 0.05) is 18.7 Å². The molecule has 0 aliphatic rings. The Morgan fingerprint density at radius 2 is 2.04 bits per heavy atom. The molecular formula is C20H25N3O2. The Kier molecular flexibility index (Phi) is 7.24. The van der Waals surface area contributed by atoms with Crippen molar-refractivity contribution in [1.82, 2.24) is 10.2 Å². The molecule has 0 fully saturated rings. The van der Waals surface area contributed by atoms with Gasteiger partial charge in [-0.3, -0.25) is 4.79 Å². The average Bonchev–Trinajstić information content (AvgIpc) is 2.59. The lowest BCUT2D eigenvalue weighted by molar-refractivity contribution is -0.120. The lowest BCUT2D eigenvalue weighted by Crippen LogP contribution is -2.25. The van der Waals surface area contributed by atoms with Crippen LogP contribution in [0.1, 0.15) is 18.4 Å². The molecular weight excluding hydrogens is 314 g/mol. The molecule has 5 nitrogen and oxygen atoms in total. The zero-order valence-corrected chi connectivity index (χ0v) is 14.9. The summed E-state index contributed by atoms with van der Waals surface area (Å²) in [5.74, 6) is 0.628. The number of benzene rings is 2. The monoisotopic (exact) mass is 339 g/mol. The van der Waals surface area contributed by atoms with Crippen molar-refractivity contribution in [2.24, 2.45) is 0 Å². The minimum Gasteiger partial charge on any atom is -0.493 e. The SMILES string of the molecule is CN(C)CCCOc1ccc2ccccc2c1CCNC(=O)CC#N. The molecule has 0 bridgehead atoms. The molecule has 0 aliphatic carbocycles. The molecule has 2 aromatic carbocycles. The van der Waals surface area contributed by atoms with E-state index in [9.17, 15) is 4.79 Å². The maximum atomic E-state index is 11.5. The van der Waals surface area contributed by atoms with Crippen LogP contribution in [0.3, 0.4) is 0 Å². The lowest BCUT2D eigenvalue weighted by Gasteiger charge is -2.16. The van der Waals surface area contributed by atoms with Crippen LogP contribution < -0.4 is 10.1 Å². The van der Waals surface area contributed by atoms with Gasteiger partial charge in [0.2, 0.25) is 5.91 Å². The van der Waals surface area contributed by atoms with E-state index in [1.54, 1.807) is 0 Å². The van der Waals surface area contributed by atoms with Crippen LogP contribution in [0.4, 0.5) is 0 Å². The number of carbonyl (C=O) groups is 1. The maximum absolute atomic E-state index is 11.5. The summed E-state index contributed by atoms with van der Waals surface area (Å²) in [5, 5.41) is 13.6. The molecule has 132 valence electrons. The fourth-order valence-electron chi connectivity index (χ4n) is 2.73. The number of rotatable bonds is 9. The smallest absolute Gasteiger partial charge is 0.234 e. The topological polar surface area (TPSA) is 65.4 Å². The second-order valence-electron chi connectivity index (χ2n) is 6.20. The van der Waals surface area contributed by atoms with Crippen LogP contribution in [-0.2, 0) is 11.2 Å². The van der Waals surface area contributed by atoms with Crippen molar-refractivity contribution >= 4 is 16.7 Å². The Labute approximate surface area is 149 Å². The molecule has 5 heteroatoms. The Morgan fingerprint density at radius 1 is 1.24 bits per heavy atom. The summed E-state index contributed by atoms with van der Waals surface area (Å²) in [7, 11) is 4.09. The molecule has 2 aromatic rings. The predicted molar refractivity (Wildman–Crippen MR) is 99.6 cm³/mol. The molecule has 0 atom stereocenters. The average molecular weight is 339 g/mol. The van der Waals surface area contributed by atoms with E-state index < -0.39 is 0 Å². The number of ether oxygens (including phenoxy) is 1. The normalized spacial score (nSPS) is 10.6. The highest BCUT2D eigenvalue weighted by atomic mass is 16.5. The number of carbonyl (C=O) groups excluding carboxylic acids is 1. The van der Waals surface area contributed by atoms with Gasteiger partial charge in [0.15, 0.2) is 0 Å². The van der Waals surface area contributed by atoms with Crippen LogP contribution in [-0.4, -0.2) is 44.6 Å². The highest BCUT2D eigenvalue weighted by molar-refractivity contribution is 5.88. The van der Waals surface area contributed by atoms with Gasteiger partial charge < -0.3 is 15.0 Å². The molecule has 1 N–H and O–H groups in total. The highest BCUT2D eigenvalue weighted by Crippen LogP contribution is 2.28. The van der Waals surface area contributed by atoms with E-state index in [0.29, 0.717) is 19.6 Å². The van der Waals surface area contributed by atoms with Crippen molar-refractivity contribution in [1.29, 1.82) is 5.26 Å². The molecule has 0 spiro atoms. The first-order chi connectivity index (χ1) is 12.1. The highest BCUT2D eigenvalue weighted by Gasteiger charge is 2.10. The van der Waals surface area contributed by atoms with Gasteiger partial charge in [-0.25, -0.2) is 0 Å². The summed E-state index contributed by atoms with van der Waals surface area (Å²) in [5.41, 5.74) is 1.10. The van der Waals surface area contributed by atoms with Gasteiger partial charge >= 0.3 is 0 Å². The Hall–Kier alpha value is -2.58. The van der Waals surface area contributed by atoms with E-state index in [-0.39, 0.29) is 12.3 Å². The summed E-state index contributed by atoms with van der Waals surface area (Å²) >= 11 is 0. The minimum absolute atomic E-state index is 0.108. The number of nitrogens with zero attached hydrogens (tertiary/aromatic N) is 2. The largest absolute Gasteiger partial charge is 0.493 e. The van der Waals surface area contributed by atoms with Crippen molar-refractivity contribution in [3.05, 3.63) is 42.0 Å². The second-order valence-corrected chi connectivity index (χ2v) is 6.20. The van der Waals surface area contributed by atoms with E-state index in [0.717, 1.165) is 35.1 Å². The van der Waals surface area contributed by atoms with Crippen molar-refractivity contribution < 1.29 is 9.53 Å². The Bertz CT molecular complexity index is 750. The number of hydrogen-bond acceptors (Lipinski definition) is 4. The molecule has 2 rings (SSSR count). The Morgan fingerprint density at radius 3 is 2.80 bits per heavy atom. The third-order valence-corrected chi connectivity index (χ3v) is 3.94. The molecule has 0 saturated carbocycles. The number of amides is 1. The fourth-order valence-corrected chi connectivity index (χ4v) is 2.73. The van der Waals surface area contributed by atoms with Crippen molar-refractivity contribution in [3.8, 4) is 11.8 Å². The summed E-state index contributed by atoms with van der Waals surface area (Å²) in [6, 6.07) is 14.1. The molecule has 0 radical (unpaired) electrons. The number of nitriles is 1. The van der Waals surface area contributed by atoms with Gasteiger partial charge in [0.25, 0.3) is 0 Å². The summed E-state index contributed by atoms with van der Waals surface area (Å²) in [4.78, 5) is 13.6. The van der Waals surface area contributed by atoms with Crippen molar-refractivity contribution in [2.45, 2.75) is 19.3 Å². The van der Waals surface area contributed by atoms with Gasteiger partial charge in [-0.1, -0.05) is 30.3 Å². The Balaban J connectivity index is 2.10. The molecule has 1 amide bonds. The molecule has 25 heavy (non-hydrogen) atoms. The molecule has 0 heterocycles. The number of nitrogens with one attached hydrogen (secondary N) is 1. The van der Waals surface area contributed by atoms with Crippen LogP contribution in [0.5, 0.6) is 5.75 Å². The van der Waals surface area contributed by atoms with Gasteiger partial charge in [-0.15, -0.1) is 0 Å². The minimum atomic E-state index is -0.240. The predicted octanol–water partition coefficient (Wildman–Crippen LogP) is 2.74. The van der Waals surface area contributed by atoms with E-state index in [1.807, 2.05) is 38.4 Å². The van der Waals surface area contributed by atoms with Gasteiger partial charge in [-0.2, -0.15) is 5.26 Å². The zero-order chi connectivity index (χ0) is 18.1. The van der Waals surface area contributed by atoms with Crippen LogP contribution in [0, 0.1) is 11.3 Å².